The summed E-state index contributed by atoms with van der Waals surface area (Å²) in [7, 11) is 0. The van der Waals surface area contributed by atoms with Gasteiger partial charge in [-0.2, -0.15) is 0 Å². The summed E-state index contributed by atoms with van der Waals surface area (Å²) >= 11 is 1.61. The zero-order valence-electron chi connectivity index (χ0n) is 17.0. The number of benzene rings is 1. The molecular weight excluding hydrogens is 356 g/mol. The molecule has 1 N–H and O–H groups in total. The summed E-state index contributed by atoms with van der Waals surface area (Å²) in [5.41, 5.74) is 2.84. The van der Waals surface area contributed by atoms with Crippen molar-refractivity contribution < 1.29 is 4.79 Å². The zero-order chi connectivity index (χ0) is 19.8. The molecule has 1 heterocycles. The summed E-state index contributed by atoms with van der Waals surface area (Å²) in [4.78, 5) is 23.8. The van der Waals surface area contributed by atoms with E-state index in [1.807, 2.05) is 31.2 Å². The standard InChI is InChI=1S/C21H30N4OS/c1-6-22-20(26)17-11-9-10-16(12-17)14-27-21-23-18(15(4)5)13-19(24-21)25(7-2)8-3/h9-13,15H,6-8,14H2,1-5H3,(H,22,26). The number of rotatable bonds is 9. The number of thioether (sulfide) groups is 1. The maximum atomic E-state index is 12.0. The summed E-state index contributed by atoms with van der Waals surface area (Å²) in [6.45, 7) is 13.0. The maximum Gasteiger partial charge on any atom is 0.251 e. The number of hydrogen-bond donors (Lipinski definition) is 1. The van der Waals surface area contributed by atoms with Crippen molar-refractivity contribution in [1.29, 1.82) is 0 Å². The quantitative estimate of drug-likeness (QED) is 0.508. The smallest absolute Gasteiger partial charge is 0.251 e. The first-order valence-electron chi connectivity index (χ1n) is 9.62. The predicted molar refractivity (Wildman–Crippen MR) is 114 cm³/mol. The molecule has 0 unspecified atom stereocenters. The minimum atomic E-state index is -0.0359. The molecule has 2 rings (SSSR count). The summed E-state index contributed by atoms with van der Waals surface area (Å²) in [5.74, 6) is 2.03. The van der Waals surface area contributed by atoms with Gasteiger partial charge in [0.1, 0.15) is 5.82 Å². The van der Waals surface area contributed by atoms with Gasteiger partial charge in [0.15, 0.2) is 5.16 Å². The Morgan fingerprint density at radius 2 is 1.89 bits per heavy atom. The highest BCUT2D eigenvalue weighted by molar-refractivity contribution is 7.98. The molecular formula is C21H30N4OS. The molecule has 0 spiro atoms. The Balaban J connectivity index is 2.19. The summed E-state index contributed by atoms with van der Waals surface area (Å²) in [5, 5.41) is 3.62. The fourth-order valence-electron chi connectivity index (χ4n) is 2.71. The third-order valence-corrected chi connectivity index (χ3v) is 5.20. The minimum absolute atomic E-state index is 0.0359. The van der Waals surface area contributed by atoms with Crippen LogP contribution in [0.5, 0.6) is 0 Å². The second-order valence-electron chi connectivity index (χ2n) is 6.61. The van der Waals surface area contributed by atoms with Crippen LogP contribution >= 0.6 is 11.8 Å². The molecule has 2 aromatic rings. The molecule has 5 nitrogen and oxygen atoms in total. The fraction of sp³-hybridized carbons (Fsp3) is 0.476. The predicted octanol–water partition coefficient (Wildman–Crippen LogP) is 4.49. The lowest BCUT2D eigenvalue weighted by Gasteiger charge is -2.21. The van der Waals surface area contributed by atoms with Crippen LogP contribution in [0.25, 0.3) is 0 Å². The van der Waals surface area contributed by atoms with Gasteiger partial charge in [-0.1, -0.05) is 37.7 Å². The Morgan fingerprint density at radius 3 is 2.52 bits per heavy atom. The van der Waals surface area contributed by atoms with Crippen LogP contribution in [0.3, 0.4) is 0 Å². The number of aromatic nitrogens is 2. The Labute approximate surface area is 167 Å². The van der Waals surface area contributed by atoms with E-state index in [4.69, 9.17) is 9.97 Å². The number of amides is 1. The maximum absolute atomic E-state index is 12.0. The van der Waals surface area contributed by atoms with Crippen LogP contribution < -0.4 is 10.2 Å². The second kappa shape index (κ2) is 10.3. The SMILES string of the molecule is CCNC(=O)c1cccc(CSc2nc(C(C)C)cc(N(CC)CC)n2)c1. The molecule has 146 valence electrons. The molecule has 0 radical (unpaired) electrons. The number of nitrogens with one attached hydrogen (secondary N) is 1. The van der Waals surface area contributed by atoms with Crippen molar-refractivity contribution in [2.24, 2.45) is 0 Å². The molecule has 6 heteroatoms. The van der Waals surface area contributed by atoms with Crippen LogP contribution in [0, 0.1) is 0 Å². The van der Waals surface area contributed by atoms with Gasteiger partial charge in [0, 0.05) is 42.7 Å². The molecule has 27 heavy (non-hydrogen) atoms. The average molecular weight is 387 g/mol. The third kappa shape index (κ3) is 5.96. The van der Waals surface area contributed by atoms with Crippen molar-refractivity contribution >= 4 is 23.5 Å². The molecule has 0 aliphatic carbocycles. The van der Waals surface area contributed by atoms with Gasteiger partial charge < -0.3 is 10.2 Å². The van der Waals surface area contributed by atoms with Crippen LogP contribution in [-0.4, -0.2) is 35.5 Å². The van der Waals surface area contributed by atoms with Crippen molar-refractivity contribution in [2.45, 2.75) is 51.4 Å². The summed E-state index contributed by atoms with van der Waals surface area (Å²) < 4.78 is 0. The van der Waals surface area contributed by atoms with Crippen LogP contribution in [0.1, 0.15) is 62.2 Å². The Bertz CT molecular complexity index is 760. The second-order valence-corrected chi connectivity index (χ2v) is 7.55. The van der Waals surface area contributed by atoms with Gasteiger partial charge >= 0.3 is 0 Å². The van der Waals surface area contributed by atoms with Gasteiger partial charge in [0.2, 0.25) is 0 Å². The van der Waals surface area contributed by atoms with Crippen molar-refractivity contribution in [3.63, 3.8) is 0 Å². The Hall–Kier alpha value is -2.08. The lowest BCUT2D eigenvalue weighted by Crippen LogP contribution is -2.23. The molecule has 0 saturated heterocycles. The molecule has 0 fully saturated rings. The first kappa shape index (κ1) is 21.2. The summed E-state index contributed by atoms with van der Waals surface area (Å²) in [6.07, 6.45) is 0. The number of carbonyl (C=O) groups excluding carboxylic acids is 1. The normalized spacial score (nSPS) is 10.9. The van der Waals surface area contributed by atoms with Crippen molar-refractivity contribution in [3.05, 3.63) is 47.2 Å². The van der Waals surface area contributed by atoms with Crippen molar-refractivity contribution in [3.8, 4) is 0 Å². The molecule has 1 aromatic carbocycles. The van der Waals surface area contributed by atoms with Gasteiger partial charge in [0.25, 0.3) is 5.91 Å². The number of hydrogen-bond acceptors (Lipinski definition) is 5. The van der Waals surface area contributed by atoms with E-state index in [2.05, 4.69) is 44.0 Å². The van der Waals surface area contributed by atoms with Gasteiger partial charge in [-0.05, 0) is 44.4 Å². The van der Waals surface area contributed by atoms with E-state index in [0.717, 1.165) is 41.1 Å². The topological polar surface area (TPSA) is 58.1 Å². The molecule has 0 aliphatic rings. The molecule has 1 amide bonds. The molecule has 0 aliphatic heterocycles. The minimum Gasteiger partial charge on any atom is -0.357 e. The van der Waals surface area contributed by atoms with Crippen LogP contribution in [-0.2, 0) is 5.75 Å². The third-order valence-electron chi connectivity index (χ3n) is 4.29. The Morgan fingerprint density at radius 1 is 1.15 bits per heavy atom. The van der Waals surface area contributed by atoms with E-state index in [0.29, 0.717) is 18.0 Å². The first-order valence-corrected chi connectivity index (χ1v) is 10.6. The van der Waals surface area contributed by atoms with Crippen LogP contribution in [0.15, 0.2) is 35.5 Å². The van der Waals surface area contributed by atoms with E-state index in [-0.39, 0.29) is 5.91 Å². The van der Waals surface area contributed by atoms with Gasteiger partial charge in [-0.25, -0.2) is 9.97 Å². The largest absolute Gasteiger partial charge is 0.357 e. The van der Waals surface area contributed by atoms with E-state index >= 15 is 0 Å². The van der Waals surface area contributed by atoms with Gasteiger partial charge in [-0.3, -0.25) is 4.79 Å². The first-order chi connectivity index (χ1) is 13.0. The lowest BCUT2D eigenvalue weighted by molar-refractivity contribution is 0.0955. The molecule has 0 saturated carbocycles. The number of nitrogens with zero attached hydrogens (tertiary/aromatic N) is 3. The van der Waals surface area contributed by atoms with Gasteiger partial charge in [-0.15, -0.1) is 0 Å². The highest BCUT2D eigenvalue weighted by atomic mass is 32.2. The average Bonchev–Trinajstić information content (AvgIpc) is 2.67. The van der Waals surface area contributed by atoms with Crippen LogP contribution in [0.2, 0.25) is 0 Å². The van der Waals surface area contributed by atoms with Crippen molar-refractivity contribution in [1.82, 2.24) is 15.3 Å². The van der Waals surface area contributed by atoms with E-state index in [1.165, 1.54) is 0 Å². The lowest BCUT2D eigenvalue weighted by atomic mass is 10.1. The van der Waals surface area contributed by atoms with E-state index < -0.39 is 0 Å². The number of carbonyl (C=O) groups is 1. The monoisotopic (exact) mass is 386 g/mol. The van der Waals surface area contributed by atoms with Gasteiger partial charge in [0.05, 0.1) is 0 Å². The molecule has 0 bridgehead atoms. The highest BCUT2D eigenvalue weighted by Crippen LogP contribution is 2.25. The summed E-state index contributed by atoms with van der Waals surface area (Å²) in [6, 6.07) is 9.83. The zero-order valence-corrected chi connectivity index (χ0v) is 17.8. The van der Waals surface area contributed by atoms with Crippen LogP contribution in [0.4, 0.5) is 5.82 Å². The molecule has 0 atom stereocenters. The van der Waals surface area contributed by atoms with E-state index in [9.17, 15) is 4.79 Å². The fourth-order valence-corrected chi connectivity index (χ4v) is 3.52. The van der Waals surface area contributed by atoms with E-state index in [1.54, 1.807) is 11.8 Å². The van der Waals surface area contributed by atoms with Crippen molar-refractivity contribution in [2.75, 3.05) is 24.5 Å². The Kier molecular flexibility index (Phi) is 8.10. The number of anilines is 1. The highest BCUT2D eigenvalue weighted by Gasteiger charge is 2.12. The molecule has 1 aromatic heterocycles.